The highest BCUT2D eigenvalue weighted by Gasteiger charge is 2.08. The number of carbonyl (C=O) groups excluding carboxylic acids is 2. The van der Waals surface area contributed by atoms with Crippen LogP contribution in [0.25, 0.3) is 0 Å². The number of rotatable bonds is 4. The van der Waals surface area contributed by atoms with Gasteiger partial charge in [0, 0.05) is 12.2 Å². The highest BCUT2D eigenvalue weighted by atomic mass is 19.1. The second kappa shape index (κ2) is 5.85. The van der Waals surface area contributed by atoms with Gasteiger partial charge in [-0.3, -0.25) is 9.59 Å². The third-order valence-electron chi connectivity index (χ3n) is 1.80. The van der Waals surface area contributed by atoms with Crippen LogP contribution in [0.3, 0.4) is 0 Å². The molecule has 0 fully saturated rings. The van der Waals surface area contributed by atoms with Crippen molar-refractivity contribution >= 4 is 17.5 Å². The van der Waals surface area contributed by atoms with Crippen LogP contribution in [0.2, 0.25) is 0 Å². The summed E-state index contributed by atoms with van der Waals surface area (Å²) in [4.78, 5) is 22.4. The fourth-order valence-corrected chi connectivity index (χ4v) is 1.18. The molecule has 0 saturated heterocycles. The maximum atomic E-state index is 12.8. The first-order valence-electron chi connectivity index (χ1n) is 4.94. The molecular formula is C11H13FN2O2. The number of amides is 2. The smallest absolute Gasteiger partial charge is 0.233 e. The molecule has 4 nitrogen and oxygen atoms in total. The fraction of sp³-hybridized carbons (Fsp3) is 0.273. The molecule has 1 rings (SSSR count). The molecule has 0 aliphatic rings. The summed E-state index contributed by atoms with van der Waals surface area (Å²) in [5.74, 6) is -1.25. The van der Waals surface area contributed by atoms with Gasteiger partial charge in [-0.2, -0.15) is 0 Å². The van der Waals surface area contributed by atoms with Crippen molar-refractivity contribution in [1.82, 2.24) is 5.32 Å². The van der Waals surface area contributed by atoms with Crippen molar-refractivity contribution in [2.45, 2.75) is 13.3 Å². The number of benzene rings is 1. The molecule has 1 aromatic carbocycles. The van der Waals surface area contributed by atoms with Gasteiger partial charge in [0.05, 0.1) is 0 Å². The Labute approximate surface area is 92.8 Å². The van der Waals surface area contributed by atoms with E-state index in [1.807, 2.05) is 0 Å². The van der Waals surface area contributed by atoms with Crippen LogP contribution in [0.4, 0.5) is 10.1 Å². The zero-order valence-electron chi connectivity index (χ0n) is 8.92. The van der Waals surface area contributed by atoms with E-state index in [4.69, 9.17) is 0 Å². The molecular weight excluding hydrogens is 211 g/mol. The Kier molecular flexibility index (Phi) is 4.44. The predicted octanol–water partition coefficient (Wildman–Crippen LogP) is 1.29. The highest BCUT2D eigenvalue weighted by Crippen LogP contribution is 2.09. The van der Waals surface area contributed by atoms with Crippen molar-refractivity contribution in [3.05, 3.63) is 30.1 Å². The molecule has 0 heterocycles. The van der Waals surface area contributed by atoms with Gasteiger partial charge in [-0.25, -0.2) is 4.39 Å². The van der Waals surface area contributed by atoms with Gasteiger partial charge in [-0.1, -0.05) is 6.07 Å². The van der Waals surface area contributed by atoms with Crippen LogP contribution < -0.4 is 10.6 Å². The van der Waals surface area contributed by atoms with Crippen LogP contribution in [0, 0.1) is 5.82 Å². The SMILES string of the molecule is CCNC(=O)CC(=O)Nc1cccc(F)c1. The summed E-state index contributed by atoms with van der Waals surface area (Å²) in [5, 5.41) is 4.93. The lowest BCUT2D eigenvalue weighted by atomic mass is 10.3. The van der Waals surface area contributed by atoms with E-state index >= 15 is 0 Å². The monoisotopic (exact) mass is 224 g/mol. The van der Waals surface area contributed by atoms with Crippen molar-refractivity contribution in [3.8, 4) is 0 Å². The van der Waals surface area contributed by atoms with Gasteiger partial charge in [0.15, 0.2) is 0 Å². The zero-order chi connectivity index (χ0) is 12.0. The number of halogens is 1. The first-order chi connectivity index (χ1) is 7.61. The second-order valence-corrected chi connectivity index (χ2v) is 3.19. The van der Waals surface area contributed by atoms with Crippen molar-refractivity contribution in [2.75, 3.05) is 11.9 Å². The fourth-order valence-electron chi connectivity index (χ4n) is 1.18. The van der Waals surface area contributed by atoms with Gasteiger partial charge < -0.3 is 10.6 Å². The van der Waals surface area contributed by atoms with Crippen LogP contribution in [-0.4, -0.2) is 18.4 Å². The zero-order valence-corrected chi connectivity index (χ0v) is 8.92. The van der Waals surface area contributed by atoms with Gasteiger partial charge in [-0.15, -0.1) is 0 Å². The van der Waals surface area contributed by atoms with Crippen LogP contribution in [0.5, 0.6) is 0 Å². The summed E-state index contributed by atoms with van der Waals surface area (Å²) >= 11 is 0. The molecule has 0 spiro atoms. The molecule has 0 atom stereocenters. The van der Waals surface area contributed by atoms with E-state index in [9.17, 15) is 14.0 Å². The average Bonchev–Trinajstić information content (AvgIpc) is 2.17. The Balaban J connectivity index is 2.48. The summed E-state index contributed by atoms with van der Waals surface area (Å²) < 4.78 is 12.8. The molecule has 5 heteroatoms. The lowest BCUT2D eigenvalue weighted by Crippen LogP contribution is -2.27. The molecule has 16 heavy (non-hydrogen) atoms. The number of nitrogens with one attached hydrogen (secondary N) is 2. The van der Waals surface area contributed by atoms with E-state index in [0.29, 0.717) is 12.2 Å². The molecule has 0 aliphatic heterocycles. The Morgan fingerprint density at radius 3 is 2.69 bits per heavy atom. The van der Waals surface area contributed by atoms with Crippen LogP contribution >= 0.6 is 0 Å². The Morgan fingerprint density at radius 2 is 2.06 bits per heavy atom. The summed E-state index contributed by atoms with van der Waals surface area (Å²) in [6.45, 7) is 2.24. The molecule has 2 N–H and O–H groups in total. The standard InChI is InChI=1S/C11H13FN2O2/c1-2-13-10(15)7-11(16)14-9-5-3-4-8(12)6-9/h3-6H,2,7H2,1H3,(H,13,15)(H,14,16). The minimum Gasteiger partial charge on any atom is -0.356 e. The second-order valence-electron chi connectivity index (χ2n) is 3.19. The third kappa shape index (κ3) is 4.08. The lowest BCUT2D eigenvalue weighted by molar-refractivity contribution is -0.126. The Morgan fingerprint density at radius 1 is 1.31 bits per heavy atom. The third-order valence-corrected chi connectivity index (χ3v) is 1.80. The summed E-state index contributed by atoms with van der Waals surface area (Å²) in [7, 11) is 0. The van der Waals surface area contributed by atoms with E-state index < -0.39 is 11.7 Å². The van der Waals surface area contributed by atoms with Crippen molar-refractivity contribution in [2.24, 2.45) is 0 Å². The topological polar surface area (TPSA) is 58.2 Å². The number of hydrogen-bond acceptors (Lipinski definition) is 2. The van der Waals surface area contributed by atoms with Gasteiger partial charge in [-0.05, 0) is 25.1 Å². The van der Waals surface area contributed by atoms with Crippen molar-refractivity contribution < 1.29 is 14.0 Å². The lowest BCUT2D eigenvalue weighted by Gasteiger charge is -2.05. The number of hydrogen-bond donors (Lipinski definition) is 2. The first kappa shape index (κ1) is 12.2. The van der Waals surface area contributed by atoms with E-state index in [-0.39, 0.29) is 12.3 Å². The molecule has 2 amide bonds. The molecule has 86 valence electrons. The van der Waals surface area contributed by atoms with Crippen molar-refractivity contribution in [3.63, 3.8) is 0 Å². The molecule has 0 saturated carbocycles. The Bertz CT molecular complexity index is 393. The summed E-state index contributed by atoms with van der Waals surface area (Å²) in [6, 6.07) is 5.50. The molecule has 0 radical (unpaired) electrons. The Hall–Kier alpha value is -1.91. The predicted molar refractivity (Wildman–Crippen MR) is 58.3 cm³/mol. The quantitative estimate of drug-likeness (QED) is 0.757. The van der Waals surface area contributed by atoms with Gasteiger partial charge >= 0.3 is 0 Å². The van der Waals surface area contributed by atoms with E-state index in [1.165, 1.54) is 18.2 Å². The maximum absolute atomic E-state index is 12.8. The minimum atomic E-state index is -0.462. The van der Waals surface area contributed by atoms with Crippen molar-refractivity contribution in [1.29, 1.82) is 0 Å². The molecule has 1 aromatic rings. The van der Waals surface area contributed by atoms with Gasteiger partial charge in [0.1, 0.15) is 12.2 Å². The number of carbonyl (C=O) groups is 2. The largest absolute Gasteiger partial charge is 0.356 e. The number of anilines is 1. The van der Waals surface area contributed by atoms with E-state index in [0.717, 1.165) is 0 Å². The van der Waals surface area contributed by atoms with Gasteiger partial charge in [0.2, 0.25) is 11.8 Å². The summed E-state index contributed by atoms with van der Waals surface area (Å²) in [6.07, 6.45) is -0.260. The van der Waals surface area contributed by atoms with Crippen LogP contribution in [-0.2, 0) is 9.59 Å². The molecule has 0 bridgehead atoms. The first-order valence-corrected chi connectivity index (χ1v) is 4.94. The molecule has 0 unspecified atom stereocenters. The average molecular weight is 224 g/mol. The molecule has 0 aromatic heterocycles. The van der Waals surface area contributed by atoms with E-state index in [2.05, 4.69) is 10.6 Å². The molecule has 0 aliphatic carbocycles. The van der Waals surface area contributed by atoms with Crippen LogP contribution in [0.15, 0.2) is 24.3 Å². The van der Waals surface area contributed by atoms with Crippen LogP contribution in [0.1, 0.15) is 13.3 Å². The van der Waals surface area contributed by atoms with Gasteiger partial charge in [0.25, 0.3) is 0 Å². The van der Waals surface area contributed by atoms with E-state index in [1.54, 1.807) is 13.0 Å². The minimum absolute atomic E-state index is 0.260. The highest BCUT2D eigenvalue weighted by molar-refractivity contribution is 6.03. The normalized spacial score (nSPS) is 9.62. The summed E-state index contributed by atoms with van der Waals surface area (Å²) in [5.41, 5.74) is 0.342. The maximum Gasteiger partial charge on any atom is 0.233 e.